The number of benzene rings is 1. The van der Waals surface area contributed by atoms with Gasteiger partial charge >= 0.3 is 0 Å². The SMILES string of the molecule is COc1cc(Br)c(Sc2nc3c([nH]2)c(=N)ncn3CCC2CCN(C(C)=O)CC2)cc1OC. The number of nitrogens with zero attached hydrogens (tertiary/aromatic N) is 4. The maximum atomic E-state index is 11.6. The van der Waals surface area contributed by atoms with Gasteiger partial charge in [-0.2, -0.15) is 0 Å². The molecule has 2 aromatic heterocycles. The normalized spacial score (nSPS) is 14.6. The molecule has 176 valence electrons. The number of aryl methyl sites for hydroxylation is 1. The predicted molar refractivity (Wildman–Crippen MR) is 129 cm³/mol. The second-order valence-corrected chi connectivity index (χ2v) is 9.89. The third-order valence-corrected chi connectivity index (χ3v) is 7.84. The molecule has 0 spiro atoms. The van der Waals surface area contributed by atoms with E-state index in [9.17, 15) is 4.79 Å². The van der Waals surface area contributed by atoms with Crippen molar-refractivity contribution >= 4 is 44.8 Å². The Morgan fingerprint density at radius 3 is 2.64 bits per heavy atom. The smallest absolute Gasteiger partial charge is 0.219 e. The molecule has 0 unspecified atom stereocenters. The van der Waals surface area contributed by atoms with E-state index in [2.05, 4.69) is 25.9 Å². The quantitative estimate of drug-likeness (QED) is 0.476. The van der Waals surface area contributed by atoms with Gasteiger partial charge in [0.15, 0.2) is 27.8 Å². The molecule has 2 N–H and O–H groups in total. The summed E-state index contributed by atoms with van der Waals surface area (Å²) in [6, 6.07) is 3.75. The van der Waals surface area contributed by atoms with Crippen LogP contribution in [0.2, 0.25) is 0 Å². The summed E-state index contributed by atoms with van der Waals surface area (Å²) in [6.45, 7) is 4.05. The fraction of sp³-hybridized carbons (Fsp3) is 0.455. The summed E-state index contributed by atoms with van der Waals surface area (Å²) in [5.41, 5.74) is 1.50. The Morgan fingerprint density at radius 2 is 1.97 bits per heavy atom. The Bertz CT molecular complexity index is 1220. The van der Waals surface area contributed by atoms with Crippen LogP contribution in [0.4, 0.5) is 0 Å². The third-order valence-electron chi connectivity index (χ3n) is 5.98. The number of rotatable bonds is 7. The molecule has 0 atom stereocenters. The summed E-state index contributed by atoms with van der Waals surface area (Å²) in [6.07, 6.45) is 4.71. The number of hydrogen-bond acceptors (Lipinski definition) is 7. The first kappa shape index (κ1) is 23.6. The van der Waals surface area contributed by atoms with Gasteiger partial charge in [0.05, 0.1) is 20.5 Å². The Labute approximate surface area is 204 Å². The lowest BCUT2D eigenvalue weighted by Crippen LogP contribution is -2.37. The summed E-state index contributed by atoms with van der Waals surface area (Å²) < 4.78 is 13.6. The van der Waals surface area contributed by atoms with E-state index in [0.29, 0.717) is 28.1 Å². The molecule has 3 heterocycles. The number of H-pyrrole nitrogens is 1. The second kappa shape index (κ2) is 10.2. The minimum Gasteiger partial charge on any atom is -0.493 e. The van der Waals surface area contributed by atoms with Crippen molar-refractivity contribution < 1.29 is 14.3 Å². The zero-order valence-electron chi connectivity index (χ0n) is 18.9. The zero-order valence-corrected chi connectivity index (χ0v) is 21.3. The van der Waals surface area contributed by atoms with Crippen molar-refractivity contribution in [3.8, 4) is 11.5 Å². The maximum Gasteiger partial charge on any atom is 0.219 e. The third kappa shape index (κ3) is 5.19. The van der Waals surface area contributed by atoms with Gasteiger partial charge in [-0.1, -0.05) is 11.8 Å². The number of amides is 1. The highest BCUT2D eigenvalue weighted by Crippen LogP contribution is 2.40. The molecular formula is C22H27BrN6O3S. The fourth-order valence-corrected chi connectivity index (χ4v) is 5.43. The van der Waals surface area contributed by atoms with Crippen molar-refractivity contribution in [2.24, 2.45) is 5.92 Å². The van der Waals surface area contributed by atoms with Crippen LogP contribution in [0.5, 0.6) is 11.5 Å². The first-order valence-electron chi connectivity index (χ1n) is 10.7. The lowest BCUT2D eigenvalue weighted by Gasteiger charge is -2.31. The van der Waals surface area contributed by atoms with Crippen LogP contribution in [-0.2, 0) is 11.3 Å². The minimum atomic E-state index is 0.155. The number of methoxy groups -OCH3 is 2. The number of ether oxygens (including phenoxy) is 2. The van der Waals surface area contributed by atoms with Crippen LogP contribution in [0.15, 0.2) is 33.0 Å². The van der Waals surface area contributed by atoms with Gasteiger partial charge in [-0.15, -0.1) is 0 Å². The molecule has 4 rings (SSSR count). The standard InChI is InChI=1S/C22H27BrN6O3S/c1-13(30)28-7-4-14(5-8-28)6-9-29-12-25-20(24)19-21(29)27-22(26-19)33-18-11-17(32-3)16(31-2)10-15(18)23/h10-12,14,24H,4-9H2,1-3H3,(H,26,27). The highest BCUT2D eigenvalue weighted by molar-refractivity contribution is 9.10. The number of fused-ring (bicyclic) bond motifs is 1. The van der Waals surface area contributed by atoms with Gasteiger partial charge in [-0.25, -0.2) is 9.97 Å². The molecular weight excluding hydrogens is 508 g/mol. The highest BCUT2D eigenvalue weighted by atomic mass is 79.9. The van der Waals surface area contributed by atoms with Crippen LogP contribution < -0.4 is 15.0 Å². The van der Waals surface area contributed by atoms with Gasteiger partial charge in [0.1, 0.15) is 5.52 Å². The molecule has 1 aliphatic rings. The first-order chi connectivity index (χ1) is 15.9. The van der Waals surface area contributed by atoms with Gasteiger partial charge in [0, 0.05) is 35.9 Å². The number of aromatic amines is 1. The van der Waals surface area contributed by atoms with Crippen LogP contribution in [0.1, 0.15) is 26.2 Å². The number of likely N-dealkylation sites (tertiary alicyclic amines) is 1. The van der Waals surface area contributed by atoms with Crippen molar-refractivity contribution in [2.45, 2.75) is 42.8 Å². The lowest BCUT2D eigenvalue weighted by molar-refractivity contribution is -0.130. The predicted octanol–water partition coefficient (Wildman–Crippen LogP) is 3.82. The van der Waals surface area contributed by atoms with Crippen LogP contribution in [0.3, 0.4) is 0 Å². The topological polar surface area (TPSA) is 109 Å². The van der Waals surface area contributed by atoms with Crippen molar-refractivity contribution in [3.63, 3.8) is 0 Å². The van der Waals surface area contributed by atoms with E-state index in [4.69, 9.17) is 19.9 Å². The van der Waals surface area contributed by atoms with Crippen molar-refractivity contribution in [3.05, 3.63) is 28.4 Å². The number of aromatic nitrogens is 4. The Balaban J connectivity index is 1.52. The Hall–Kier alpha value is -2.53. The molecule has 11 heteroatoms. The molecule has 1 fully saturated rings. The van der Waals surface area contributed by atoms with Gasteiger partial charge in [0.25, 0.3) is 0 Å². The van der Waals surface area contributed by atoms with Crippen molar-refractivity contribution in [1.29, 1.82) is 5.41 Å². The summed E-state index contributed by atoms with van der Waals surface area (Å²) in [4.78, 5) is 26.6. The number of halogens is 1. The number of hydrogen-bond donors (Lipinski definition) is 2. The van der Waals surface area contributed by atoms with E-state index in [1.807, 2.05) is 21.6 Å². The Morgan fingerprint density at radius 1 is 1.27 bits per heavy atom. The second-order valence-electron chi connectivity index (χ2n) is 8.00. The molecule has 9 nitrogen and oxygen atoms in total. The molecule has 0 aliphatic carbocycles. The highest BCUT2D eigenvalue weighted by Gasteiger charge is 2.21. The van der Waals surface area contributed by atoms with E-state index in [1.54, 1.807) is 27.5 Å². The van der Waals surface area contributed by atoms with E-state index < -0.39 is 0 Å². The lowest BCUT2D eigenvalue weighted by atomic mass is 9.93. The largest absolute Gasteiger partial charge is 0.493 e. The fourth-order valence-electron chi connectivity index (χ4n) is 4.05. The summed E-state index contributed by atoms with van der Waals surface area (Å²) >= 11 is 5.03. The Kier molecular flexibility index (Phi) is 7.28. The van der Waals surface area contributed by atoms with Gasteiger partial charge in [-0.3, -0.25) is 10.2 Å². The van der Waals surface area contributed by atoms with Crippen LogP contribution >= 0.6 is 27.7 Å². The molecule has 33 heavy (non-hydrogen) atoms. The molecule has 0 radical (unpaired) electrons. The van der Waals surface area contributed by atoms with Crippen molar-refractivity contribution in [2.75, 3.05) is 27.3 Å². The number of nitrogens with one attached hydrogen (secondary N) is 2. The average Bonchev–Trinajstić information content (AvgIpc) is 3.24. The van der Waals surface area contributed by atoms with Gasteiger partial charge in [-0.05, 0) is 53.2 Å². The molecule has 1 aromatic carbocycles. The molecule has 0 bridgehead atoms. The van der Waals surface area contributed by atoms with Crippen molar-refractivity contribution in [1.82, 2.24) is 24.4 Å². The van der Waals surface area contributed by atoms with E-state index >= 15 is 0 Å². The van der Waals surface area contributed by atoms with Crippen LogP contribution in [0.25, 0.3) is 11.2 Å². The maximum absolute atomic E-state index is 11.6. The van der Waals surface area contributed by atoms with Gasteiger partial charge < -0.3 is 23.9 Å². The van der Waals surface area contributed by atoms with E-state index in [-0.39, 0.29) is 11.4 Å². The summed E-state index contributed by atoms with van der Waals surface area (Å²) in [5.74, 6) is 1.99. The number of carbonyl (C=O) groups excluding carboxylic acids is 1. The monoisotopic (exact) mass is 534 g/mol. The molecule has 1 amide bonds. The van der Waals surface area contributed by atoms with E-state index in [0.717, 1.165) is 53.9 Å². The summed E-state index contributed by atoms with van der Waals surface area (Å²) in [7, 11) is 3.21. The molecule has 3 aromatic rings. The number of carbonyl (C=O) groups is 1. The average molecular weight is 535 g/mol. The first-order valence-corrected chi connectivity index (χ1v) is 12.3. The van der Waals surface area contributed by atoms with Crippen LogP contribution in [0, 0.1) is 11.3 Å². The molecule has 0 saturated carbocycles. The molecule has 1 aliphatic heterocycles. The summed E-state index contributed by atoms with van der Waals surface area (Å²) in [5, 5.41) is 8.88. The van der Waals surface area contributed by atoms with E-state index in [1.165, 1.54) is 11.8 Å². The van der Waals surface area contributed by atoms with Gasteiger partial charge in [0.2, 0.25) is 5.91 Å². The minimum absolute atomic E-state index is 0.155. The zero-order chi connectivity index (χ0) is 23.5. The number of imidazole rings is 1. The van der Waals surface area contributed by atoms with Crippen LogP contribution in [-0.4, -0.2) is 57.6 Å². The molecule has 1 saturated heterocycles. The number of piperidine rings is 1.